The molecule has 4 nitrogen and oxygen atoms in total. The Kier molecular flexibility index (Phi) is 4.88. The monoisotopic (exact) mass is 450 g/mol. The number of nitrogens with zero attached hydrogens (tertiary/aromatic N) is 1. The fourth-order valence-electron chi connectivity index (χ4n) is 3.04. The van der Waals surface area contributed by atoms with E-state index in [9.17, 15) is 10.1 Å². The van der Waals surface area contributed by atoms with Crippen LogP contribution in [0.15, 0.2) is 68.7 Å². The van der Waals surface area contributed by atoms with E-state index in [2.05, 4.69) is 20.9 Å². The van der Waals surface area contributed by atoms with Crippen LogP contribution >= 0.6 is 27.7 Å². The molecule has 0 unspecified atom stereocenters. The lowest BCUT2D eigenvalue weighted by molar-refractivity contribution is 0.103. The number of thioether (sulfide) groups is 1. The molecule has 1 aromatic heterocycles. The van der Waals surface area contributed by atoms with Crippen LogP contribution in [0.5, 0.6) is 0 Å². The highest BCUT2D eigenvalue weighted by Crippen LogP contribution is 2.44. The van der Waals surface area contributed by atoms with Crippen LogP contribution in [0.2, 0.25) is 0 Å². The zero-order valence-electron chi connectivity index (χ0n) is 15.2. The number of hydrogen-bond acceptors (Lipinski definition) is 4. The number of hydrogen-bond donors (Lipinski definition) is 1. The molecule has 1 aliphatic heterocycles. The third-order valence-corrected chi connectivity index (χ3v) is 5.96. The molecule has 0 saturated heterocycles. The molecule has 1 N–H and O–H groups in total. The predicted octanol–water partition coefficient (Wildman–Crippen LogP) is 6.31. The van der Waals surface area contributed by atoms with Gasteiger partial charge in [-0.1, -0.05) is 57.5 Å². The molecule has 2 aromatic carbocycles. The fraction of sp³-hybridized carbons (Fsp3) is 0.0909. The van der Waals surface area contributed by atoms with Gasteiger partial charge in [0, 0.05) is 37.6 Å². The molecule has 6 heteroatoms. The highest BCUT2D eigenvalue weighted by molar-refractivity contribution is 9.10. The Balaban J connectivity index is 1.71. The molecule has 4 rings (SSSR count). The molecule has 0 atom stereocenters. The van der Waals surface area contributed by atoms with Crippen molar-refractivity contribution in [2.45, 2.75) is 13.8 Å². The molecule has 0 bridgehead atoms. The van der Waals surface area contributed by atoms with Gasteiger partial charge in [0.05, 0.1) is 0 Å². The van der Waals surface area contributed by atoms with Crippen molar-refractivity contribution in [3.63, 3.8) is 0 Å². The van der Waals surface area contributed by atoms with E-state index in [1.165, 1.54) is 11.8 Å². The first-order valence-electron chi connectivity index (χ1n) is 8.57. The van der Waals surface area contributed by atoms with Gasteiger partial charge in [-0.05, 0) is 32.0 Å². The average Bonchev–Trinajstić information content (AvgIpc) is 3.26. The van der Waals surface area contributed by atoms with Crippen LogP contribution in [-0.4, -0.2) is 10.8 Å². The van der Waals surface area contributed by atoms with Crippen molar-refractivity contribution in [3.8, 4) is 6.07 Å². The van der Waals surface area contributed by atoms with Crippen molar-refractivity contribution in [3.05, 3.63) is 85.4 Å². The lowest BCUT2D eigenvalue weighted by Gasteiger charge is -2.06. The Morgan fingerprint density at radius 1 is 1.18 bits per heavy atom. The van der Waals surface area contributed by atoms with Gasteiger partial charge >= 0.3 is 0 Å². The zero-order chi connectivity index (χ0) is 19.8. The van der Waals surface area contributed by atoms with Crippen molar-refractivity contribution in [2.24, 2.45) is 0 Å². The molecule has 3 aromatic rings. The fourth-order valence-corrected chi connectivity index (χ4v) is 4.30. The summed E-state index contributed by atoms with van der Waals surface area (Å²) in [4.78, 5) is 17.1. The van der Waals surface area contributed by atoms with Crippen LogP contribution in [0.3, 0.4) is 0 Å². The Labute approximate surface area is 175 Å². The second kappa shape index (κ2) is 7.34. The van der Waals surface area contributed by atoms with Crippen molar-refractivity contribution in [1.29, 1.82) is 5.26 Å². The number of ether oxygens (including phenoxy) is 1. The standard InChI is InChI=1S/C22H15BrN2O2S/c1-12-3-5-14(6-4-12)21-13(2)28-22(27-21)17(10-24)20(26)18-11-25-19-8-7-15(23)9-16(18)19/h3-9,11,25H,1-2H3/b22-17-. The summed E-state index contributed by atoms with van der Waals surface area (Å²) in [7, 11) is 0. The number of rotatable bonds is 3. The van der Waals surface area contributed by atoms with E-state index in [-0.39, 0.29) is 11.4 Å². The minimum Gasteiger partial charge on any atom is -0.447 e. The first-order chi connectivity index (χ1) is 13.5. The van der Waals surface area contributed by atoms with Gasteiger partial charge in [0.2, 0.25) is 5.78 Å². The summed E-state index contributed by atoms with van der Waals surface area (Å²) in [5, 5.41) is 10.8. The van der Waals surface area contributed by atoms with Crippen LogP contribution in [-0.2, 0) is 4.74 Å². The summed E-state index contributed by atoms with van der Waals surface area (Å²) in [6.45, 7) is 3.95. The minimum atomic E-state index is -0.354. The van der Waals surface area contributed by atoms with Gasteiger partial charge in [-0.15, -0.1) is 0 Å². The summed E-state index contributed by atoms with van der Waals surface area (Å²) in [5.74, 6) is 0.328. The Morgan fingerprint density at radius 3 is 2.64 bits per heavy atom. The molecule has 0 fully saturated rings. The number of fused-ring (bicyclic) bond motifs is 1. The third-order valence-electron chi connectivity index (χ3n) is 4.51. The number of aromatic nitrogens is 1. The number of halogens is 1. The predicted molar refractivity (Wildman–Crippen MR) is 115 cm³/mol. The number of carbonyl (C=O) groups excluding carboxylic acids is 1. The van der Waals surface area contributed by atoms with Crippen LogP contribution in [0.25, 0.3) is 16.7 Å². The smallest absolute Gasteiger partial charge is 0.210 e. The van der Waals surface area contributed by atoms with Gasteiger partial charge < -0.3 is 9.72 Å². The number of Topliss-reactive ketones (excluding diaryl/α,β-unsaturated/α-hetero) is 1. The van der Waals surface area contributed by atoms with E-state index in [0.717, 1.165) is 31.4 Å². The largest absolute Gasteiger partial charge is 0.447 e. The lowest BCUT2D eigenvalue weighted by atomic mass is 10.0. The molecule has 0 aliphatic carbocycles. The first-order valence-corrected chi connectivity index (χ1v) is 10.2. The maximum Gasteiger partial charge on any atom is 0.210 e. The number of aryl methyl sites for hydroxylation is 1. The number of nitriles is 1. The number of carbonyl (C=O) groups is 1. The first kappa shape index (κ1) is 18.6. The van der Waals surface area contributed by atoms with Gasteiger partial charge in [0.25, 0.3) is 0 Å². The highest BCUT2D eigenvalue weighted by atomic mass is 79.9. The van der Waals surface area contributed by atoms with Crippen molar-refractivity contribution < 1.29 is 9.53 Å². The van der Waals surface area contributed by atoms with Crippen LogP contribution in [0.4, 0.5) is 0 Å². The maximum atomic E-state index is 13.1. The lowest BCUT2D eigenvalue weighted by Crippen LogP contribution is -2.04. The normalized spacial score (nSPS) is 15.5. The average molecular weight is 451 g/mol. The second-order valence-corrected chi connectivity index (χ2v) is 8.55. The van der Waals surface area contributed by atoms with Gasteiger partial charge in [-0.3, -0.25) is 4.79 Å². The number of allylic oxidation sites excluding steroid dienone is 2. The molecule has 1 aliphatic rings. The third kappa shape index (κ3) is 3.28. The minimum absolute atomic E-state index is 0.00679. The van der Waals surface area contributed by atoms with E-state index in [1.54, 1.807) is 6.20 Å². The zero-order valence-corrected chi connectivity index (χ0v) is 17.6. The summed E-state index contributed by atoms with van der Waals surface area (Å²) < 4.78 is 6.83. The molecular weight excluding hydrogens is 436 g/mol. The van der Waals surface area contributed by atoms with E-state index in [4.69, 9.17) is 4.74 Å². The number of nitrogens with one attached hydrogen (secondary N) is 1. The van der Waals surface area contributed by atoms with E-state index < -0.39 is 0 Å². The van der Waals surface area contributed by atoms with Gasteiger partial charge in [-0.25, -0.2) is 0 Å². The SMILES string of the molecule is CC1=C(c2ccc(C)cc2)O/C(=C(\C#N)C(=O)c2c[nH]c3ccc(Br)cc23)S1. The number of aromatic amines is 1. The Bertz CT molecular complexity index is 1210. The van der Waals surface area contributed by atoms with Gasteiger partial charge in [-0.2, -0.15) is 5.26 Å². The van der Waals surface area contributed by atoms with Crippen LogP contribution in [0, 0.1) is 18.3 Å². The number of H-pyrrole nitrogens is 1. The summed E-state index contributed by atoms with van der Waals surface area (Å²) in [5.41, 5.74) is 3.37. The maximum absolute atomic E-state index is 13.1. The summed E-state index contributed by atoms with van der Waals surface area (Å²) in [6, 6.07) is 15.7. The van der Waals surface area contributed by atoms with Crippen molar-refractivity contribution in [1.82, 2.24) is 4.98 Å². The van der Waals surface area contributed by atoms with Gasteiger partial charge in [0.15, 0.2) is 5.09 Å². The van der Waals surface area contributed by atoms with E-state index >= 15 is 0 Å². The quantitative estimate of drug-likeness (QED) is 0.288. The van der Waals surface area contributed by atoms with E-state index in [0.29, 0.717) is 16.4 Å². The topological polar surface area (TPSA) is 65.9 Å². The number of benzene rings is 2. The van der Waals surface area contributed by atoms with Crippen molar-refractivity contribution in [2.75, 3.05) is 0 Å². The Hall–Kier alpha value is -2.75. The molecule has 0 amide bonds. The Morgan fingerprint density at radius 2 is 1.93 bits per heavy atom. The van der Waals surface area contributed by atoms with Gasteiger partial charge in [0.1, 0.15) is 17.4 Å². The van der Waals surface area contributed by atoms with Crippen LogP contribution < -0.4 is 0 Å². The molecule has 28 heavy (non-hydrogen) atoms. The number of ketones is 1. The van der Waals surface area contributed by atoms with Crippen LogP contribution in [0.1, 0.15) is 28.4 Å². The molecule has 2 heterocycles. The molecule has 0 radical (unpaired) electrons. The summed E-state index contributed by atoms with van der Waals surface area (Å²) >= 11 is 4.74. The molecular formula is C22H15BrN2O2S. The second-order valence-electron chi connectivity index (χ2n) is 6.45. The highest BCUT2D eigenvalue weighted by Gasteiger charge is 2.28. The molecule has 0 saturated carbocycles. The summed E-state index contributed by atoms with van der Waals surface area (Å²) in [6.07, 6.45) is 1.64. The molecule has 0 spiro atoms. The van der Waals surface area contributed by atoms with E-state index in [1.807, 2.05) is 62.4 Å². The molecule has 138 valence electrons. The van der Waals surface area contributed by atoms with Crippen molar-refractivity contribution >= 4 is 50.1 Å².